The molecule has 1 rings (SSSR count). The molecule has 0 unspecified atom stereocenters. The number of hydrogen-bond donors (Lipinski definition) is 3. The lowest BCUT2D eigenvalue weighted by Crippen LogP contribution is -2.37. The highest BCUT2D eigenvalue weighted by atomic mass is 127. The minimum absolute atomic E-state index is 0.00783. The van der Waals surface area contributed by atoms with Gasteiger partial charge in [0.15, 0.2) is 0 Å². The van der Waals surface area contributed by atoms with Crippen molar-refractivity contribution in [3.05, 3.63) is 21.5 Å². The second kappa shape index (κ2) is 4.61. The summed E-state index contributed by atoms with van der Waals surface area (Å²) in [5.74, 6) is -0.110. The Morgan fingerprint density at radius 2 is 2.54 bits per heavy atom. The van der Waals surface area contributed by atoms with E-state index >= 15 is 0 Å². The van der Waals surface area contributed by atoms with Gasteiger partial charge >= 0.3 is 0 Å². The maximum absolute atomic E-state index is 11.4. The standard InChI is InChI=1S/C8H12IN3O/c1-5(3-10)12-8(13)7-2-6(9)4-11-7/h2,4-5,11H,3,10H2,1H3,(H,12,13)/t5-/m1/s1. The van der Waals surface area contributed by atoms with Gasteiger partial charge in [0.25, 0.3) is 5.91 Å². The van der Waals surface area contributed by atoms with Crippen molar-refractivity contribution in [1.82, 2.24) is 10.3 Å². The van der Waals surface area contributed by atoms with Gasteiger partial charge in [-0.15, -0.1) is 0 Å². The fourth-order valence-electron chi connectivity index (χ4n) is 0.859. The van der Waals surface area contributed by atoms with E-state index in [0.29, 0.717) is 12.2 Å². The van der Waals surface area contributed by atoms with Crippen molar-refractivity contribution in [2.24, 2.45) is 5.73 Å². The first-order valence-corrected chi connectivity index (χ1v) is 5.06. The van der Waals surface area contributed by atoms with Gasteiger partial charge in [-0.3, -0.25) is 4.79 Å². The van der Waals surface area contributed by atoms with Gasteiger partial charge in [-0.2, -0.15) is 0 Å². The summed E-state index contributed by atoms with van der Waals surface area (Å²) < 4.78 is 1.02. The van der Waals surface area contributed by atoms with E-state index in [9.17, 15) is 4.79 Å². The average molecular weight is 293 g/mol. The summed E-state index contributed by atoms with van der Waals surface area (Å²) in [6.45, 7) is 2.31. The maximum atomic E-state index is 11.4. The second-order valence-electron chi connectivity index (χ2n) is 2.84. The summed E-state index contributed by atoms with van der Waals surface area (Å²) in [4.78, 5) is 14.3. The van der Waals surface area contributed by atoms with Gasteiger partial charge in [0.2, 0.25) is 0 Å². The minimum atomic E-state index is -0.110. The van der Waals surface area contributed by atoms with Crippen molar-refractivity contribution in [2.45, 2.75) is 13.0 Å². The molecule has 0 aliphatic carbocycles. The lowest BCUT2D eigenvalue weighted by atomic mass is 10.3. The number of carbonyl (C=O) groups excluding carboxylic acids is 1. The van der Waals surface area contributed by atoms with Crippen LogP contribution in [-0.4, -0.2) is 23.5 Å². The predicted octanol–water partition coefficient (Wildman–Crippen LogP) is 0.696. The highest BCUT2D eigenvalue weighted by Crippen LogP contribution is 2.05. The zero-order valence-corrected chi connectivity index (χ0v) is 9.46. The van der Waals surface area contributed by atoms with Crippen molar-refractivity contribution in [3.8, 4) is 0 Å². The van der Waals surface area contributed by atoms with Crippen LogP contribution in [0.1, 0.15) is 17.4 Å². The zero-order chi connectivity index (χ0) is 9.84. The summed E-state index contributed by atoms with van der Waals surface area (Å²) in [7, 11) is 0. The van der Waals surface area contributed by atoms with E-state index in [1.165, 1.54) is 0 Å². The van der Waals surface area contributed by atoms with Crippen molar-refractivity contribution >= 4 is 28.5 Å². The smallest absolute Gasteiger partial charge is 0.267 e. The molecular weight excluding hydrogens is 281 g/mol. The number of aromatic amines is 1. The Morgan fingerprint density at radius 1 is 1.85 bits per heavy atom. The molecule has 4 nitrogen and oxygen atoms in total. The molecule has 0 saturated carbocycles. The minimum Gasteiger partial charge on any atom is -0.356 e. The molecule has 1 aromatic heterocycles. The van der Waals surface area contributed by atoms with Gasteiger partial charge in [0, 0.05) is 22.4 Å². The molecule has 72 valence electrons. The number of H-pyrrole nitrogens is 1. The number of rotatable bonds is 3. The van der Waals surface area contributed by atoms with Gasteiger partial charge in [0.1, 0.15) is 5.69 Å². The molecule has 0 aromatic carbocycles. The van der Waals surface area contributed by atoms with Crippen LogP contribution in [-0.2, 0) is 0 Å². The normalized spacial score (nSPS) is 12.5. The summed E-state index contributed by atoms with van der Waals surface area (Å²) in [6.07, 6.45) is 1.78. The third-order valence-electron chi connectivity index (χ3n) is 1.62. The Bertz CT molecular complexity index is 297. The highest BCUT2D eigenvalue weighted by Gasteiger charge is 2.09. The first kappa shape index (κ1) is 10.5. The lowest BCUT2D eigenvalue weighted by Gasteiger charge is -2.09. The van der Waals surface area contributed by atoms with Crippen molar-refractivity contribution in [3.63, 3.8) is 0 Å². The van der Waals surface area contributed by atoms with E-state index in [2.05, 4.69) is 32.9 Å². The number of amides is 1. The quantitative estimate of drug-likeness (QED) is 0.718. The molecule has 0 bridgehead atoms. The van der Waals surface area contributed by atoms with Crippen LogP contribution in [0.15, 0.2) is 12.3 Å². The molecule has 1 atom stereocenters. The summed E-state index contributed by atoms with van der Waals surface area (Å²) in [5.41, 5.74) is 5.95. The Hall–Kier alpha value is -0.560. The largest absolute Gasteiger partial charge is 0.356 e. The highest BCUT2D eigenvalue weighted by molar-refractivity contribution is 14.1. The van der Waals surface area contributed by atoms with Crippen molar-refractivity contribution in [1.29, 1.82) is 0 Å². The molecular formula is C8H12IN3O. The van der Waals surface area contributed by atoms with Crippen LogP contribution >= 0.6 is 22.6 Å². The summed E-state index contributed by atoms with van der Waals surface area (Å²) in [6, 6.07) is 1.80. The fraction of sp³-hybridized carbons (Fsp3) is 0.375. The van der Waals surface area contributed by atoms with E-state index in [1.807, 2.05) is 6.92 Å². The lowest BCUT2D eigenvalue weighted by molar-refractivity contribution is 0.0937. The van der Waals surface area contributed by atoms with Crippen LogP contribution in [0.5, 0.6) is 0 Å². The van der Waals surface area contributed by atoms with E-state index in [-0.39, 0.29) is 11.9 Å². The maximum Gasteiger partial charge on any atom is 0.267 e. The molecule has 0 saturated heterocycles. The Balaban J connectivity index is 2.58. The number of hydrogen-bond acceptors (Lipinski definition) is 2. The Kier molecular flexibility index (Phi) is 3.73. The van der Waals surface area contributed by atoms with Crippen LogP contribution in [0.4, 0.5) is 0 Å². The molecule has 1 amide bonds. The van der Waals surface area contributed by atoms with Gasteiger partial charge in [-0.25, -0.2) is 0 Å². The SMILES string of the molecule is C[C@H](CN)NC(=O)c1cc(I)c[nH]1. The second-order valence-corrected chi connectivity index (χ2v) is 4.09. The van der Waals surface area contributed by atoms with Crippen LogP contribution in [0.25, 0.3) is 0 Å². The van der Waals surface area contributed by atoms with Gasteiger partial charge in [0.05, 0.1) is 0 Å². The van der Waals surface area contributed by atoms with E-state index < -0.39 is 0 Å². The Labute approximate surface area is 90.4 Å². The molecule has 0 spiro atoms. The Morgan fingerprint density at radius 3 is 3.00 bits per heavy atom. The number of nitrogens with one attached hydrogen (secondary N) is 2. The molecule has 13 heavy (non-hydrogen) atoms. The monoisotopic (exact) mass is 293 g/mol. The number of halogens is 1. The van der Waals surface area contributed by atoms with E-state index in [1.54, 1.807) is 12.3 Å². The topological polar surface area (TPSA) is 70.9 Å². The molecule has 1 heterocycles. The average Bonchev–Trinajstić information content (AvgIpc) is 2.51. The summed E-state index contributed by atoms with van der Waals surface area (Å²) >= 11 is 2.14. The van der Waals surface area contributed by atoms with Crippen molar-refractivity contribution in [2.75, 3.05) is 6.54 Å². The van der Waals surface area contributed by atoms with Gasteiger partial charge in [-0.05, 0) is 35.6 Å². The van der Waals surface area contributed by atoms with Crippen LogP contribution < -0.4 is 11.1 Å². The van der Waals surface area contributed by atoms with Crippen molar-refractivity contribution < 1.29 is 4.79 Å². The van der Waals surface area contributed by atoms with E-state index in [0.717, 1.165) is 3.57 Å². The van der Waals surface area contributed by atoms with Crippen LogP contribution in [0.2, 0.25) is 0 Å². The van der Waals surface area contributed by atoms with Gasteiger partial charge in [-0.1, -0.05) is 0 Å². The molecule has 0 fully saturated rings. The third kappa shape index (κ3) is 3.00. The fourth-order valence-corrected chi connectivity index (χ4v) is 1.33. The summed E-state index contributed by atoms with van der Waals surface area (Å²) in [5, 5.41) is 2.76. The molecule has 1 aromatic rings. The molecule has 0 aliphatic heterocycles. The number of carbonyl (C=O) groups is 1. The number of aromatic nitrogens is 1. The first-order valence-electron chi connectivity index (χ1n) is 3.98. The van der Waals surface area contributed by atoms with E-state index in [4.69, 9.17) is 5.73 Å². The molecule has 4 N–H and O–H groups in total. The van der Waals surface area contributed by atoms with Crippen LogP contribution in [0, 0.1) is 3.57 Å². The molecule has 5 heteroatoms. The first-order chi connectivity index (χ1) is 6.13. The van der Waals surface area contributed by atoms with Crippen LogP contribution in [0.3, 0.4) is 0 Å². The number of nitrogens with two attached hydrogens (primary N) is 1. The predicted molar refractivity (Wildman–Crippen MR) is 59.5 cm³/mol. The third-order valence-corrected chi connectivity index (χ3v) is 2.25. The molecule has 0 aliphatic rings. The van der Waals surface area contributed by atoms with Gasteiger partial charge < -0.3 is 16.0 Å². The molecule has 0 radical (unpaired) electrons. The zero-order valence-electron chi connectivity index (χ0n) is 7.30.